The van der Waals surface area contributed by atoms with E-state index in [1.165, 1.54) is 20.8 Å². The molecule has 0 aliphatic carbocycles. The molecule has 568 valence electrons. The van der Waals surface area contributed by atoms with Crippen molar-refractivity contribution in [3.8, 4) is 0 Å². The molecule has 8 aliphatic rings. The lowest BCUT2D eigenvalue weighted by molar-refractivity contribution is -0.408. The molecule has 8 saturated heterocycles. The monoisotopic (exact) mass is 1440 g/mol. The van der Waals surface area contributed by atoms with Gasteiger partial charge in [-0.15, -0.1) is 0 Å². The molecule has 0 radical (unpaired) electrons. The minimum atomic E-state index is -3.50. The van der Waals surface area contributed by atoms with Crippen molar-refractivity contribution in [1.82, 2.24) is 10.6 Å². The van der Waals surface area contributed by atoms with Gasteiger partial charge in [-0.1, -0.05) is 0 Å². The van der Waals surface area contributed by atoms with E-state index in [4.69, 9.17) is 71.1 Å². The van der Waals surface area contributed by atoms with E-state index >= 15 is 0 Å². The summed E-state index contributed by atoms with van der Waals surface area (Å²) in [5, 5.41) is 257. The van der Waals surface area contributed by atoms with Crippen molar-refractivity contribution in [2.45, 2.75) is 292 Å². The Labute approximate surface area is 555 Å². The first kappa shape index (κ1) is 80.6. The zero-order chi connectivity index (χ0) is 72.6. The average Bonchev–Trinajstić information content (AvgIpc) is 0.760. The van der Waals surface area contributed by atoms with Crippen LogP contribution in [-0.2, 0) is 85.4 Å². The van der Waals surface area contributed by atoms with Crippen LogP contribution < -0.4 is 10.6 Å². The first-order valence-corrected chi connectivity index (χ1v) is 31.3. The Kier molecular flexibility index (Phi) is 27.8. The molecule has 2 amide bonds. The van der Waals surface area contributed by atoms with Crippen molar-refractivity contribution in [3.63, 3.8) is 0 Å². The minimum Gasteiger partial charge on any atom is -0.477 e. The van der Waals surface area contributed by atoms with Crippen LogP contribution in [0.25, 0.3) is 0 Å². The summed E-state index contributed by atoms with van der Waals surface area (Å²) in [4.78, 5) is 39.4. The molecule has 0 saturated carbocycles. The molecule has 0 bridgehead atoms. The number of ether oxygens (including phenoxy) is 15. The van der Waals surface area contributed by atoms with Crippen molar-refractivity contribution >= 4 is 17.8 Å². The summed E-state index contributed by atoms with van der Waals surface area (Å²) in [5.41, 5.74) is 0. The molecule has 8 aliphatic heterocycles. The molecule has 41 atom stereocenters. The Hall–Kier alpha value is -3.07. The van der Waals surface area contributed by atoms with E-state index in [-0.39, 0.29) is 0 Å². The maximum Gasteiger partial charge on any atom is 0.364 e. The normalized spacial score (nSPS) is 50.2. The minimum absolute atomic E-state index is 0.876. The van der Waals surface area contributed by atoms with E-state index in [1.54, 1.807) is 0 Å². The Morgan fingerprint density at radius 3 is 1.38 bits per heavy atom. The molecule has 0 aromatic rings. The standard InChI is InChI=1S/C55H92N2O41/c1-12-25(65)33(73)37(77)49(85-12)89-18-6-55(54(82)83,98-45(28(68)17(64)7-58)42(18)94-50-38(78)34(74)26(66)13(2)86-50)97-44-30(70)20(9-60)90-52(40(44)80)95-43-24(57-16(5)63)47(81)88-22(31(43)71)11-84-48-23(56-15(4)62)32(72)41(21(10-61)92-48)93-53-46(36(76)29(69)19(8-59)91-53)96-51-39(79)35(75)27(67)14(3)87-51/h12-14,17-53,58-61,64-81H,6-11H2,1-5H3,(H,56,62)(H,57,63)(H,82,83)/t12-,13-,14-,17+,18-,19+,20+,21+,22+,23+,24+,25+,26+,27+,28+,29-,30-,31+,32+,33+,34+,35+,36-,37-,38-,39-,40+,41+,42+,43+,44-,45-,46+,47?,48+,49-,50-,51-,52-,53-,55+/m0/s1. The number of carbonyl (C=O) groups is 3. The lowest BCUT2D eigenvalue weighted by Crippen LogP contribution is -2.71. The highest BCUT2D eigenvalue weighted by molar-refractivity contribution is 5.76. The van der Waals surface area contributed by atoms with Gasteiger partial charge in [-0.05, 0) is 20.8 Å². The van der Waals surface area contributed by atoms with E-state index < -0.39 is 308 Å². The van der Waals surface area contributed by atoms with Gasteiger partial charge in [0.1, 0.15) is 177 Å². The molecule has 8 heterocycles. The fourth-order valence-corrected chi connectivity index (χ4v) is 12.7. The van der Waals surface area contributed by atoms with Gasteiger partial charge in [-0.2, -0.15) is 0 Å². The number of aliphatic hydroxyl groups excluding tert-OH is 22. The third-order valence-electron chi connectivity index (χ3n) is 18.3. The number of carboxylic acid groups (broad SMARTS) is 1. The van der Waals surface area contributed by atoms with Gasteiger partial charge in [0.05, 0.1) is 57.5 Å². The van der Waals surface area contributed by atoms with Crippen LogP contribution in [0.2, 0.25) is 0 Å². The molecule has 43 nitrogen and oxygen atoms in total. The van der Waals surface area contributed by atoms with E-state index in [9.17, 15) is 132 Å². The number of amides is 2. The van der Waals surface area contributed by atoms with Crippen molar-refractivity contribution in [3.05, 3.63) is 0 Å². The number of rotatable bonds is 24. The topological polar surface area (TPSA) is 679 Å². The van der Waals surface area contributed by atoms with E-state index in [1.807, 2.05) is 0 Å². The van der Waals surface area contributed by atoms with Crippen LogP contribution in [0.1, 0.15) is 41.0 Å². The summed E-state index contributed by atoms with van der Waals surface area (Å²) in [6.45, 7) is 0.0843. The molecule has 43 heteroatoms. The highest BCUT2D eigenvalue weighted by Crippen LogP contribution is 2.43. The quantitative estimate of drug-likeness (QED) is 0.0427. The van der Waals surface area contributed by atoms with Crippen LogP contribution in [0.5, 0.6) is 0 Å². The van der Waals surface area contributed by atoms with Crippen molar-refractivity contribution in [2.24, 2.45) is 0 Å². The first-order chi connectivity index (χ1) is 46.0. The molecular formula is C55H92N2O41. The fourth-order valence-electron chi connectivity index (χ4n) is 12.7. The van der Waals surface area contributed by atoms with E-state index in [0.29, 0.717) is 0 Å². The number of carbonyl (C=O) groups excluding carboxylic acids is 2. The molecule has 0 aromatic heterocycles. The third kappa shape index (κ3) is 17.0. The van der Waals surface area contributed by atoms with Crippen LogP contribution in [0.4, 0.5) is 0 Å². The summed E-state index contributed by atoms with van der Waals surface area (Å²) in [6.07, 6.45) is -78.0. The Balaban J connectivity index is 1.06. The molecule has 98 heavy (non-hydrogen) atoms. The number of nitrogens with one attached hydrogen (secondary N) is 2. The zero-order valence-corrected chi connectivity index (χ0v) is 53.0. The second-order valence-electron chi connectivity index (χ2n) is 25.3. The highest BCUT2D eigenvalue weighted by Gasteiger charge is 2.64. The zero-order valence-electron chi connectivity index (χ0n) is 53.0. The molecule has 0 spiro atoms. The average molecular weight is 1440 g/mol. The Bertz CT molecular complexity index is 2560. The molecule has 1 unspecified atom stereocenters. The van der Waals surface area contributed by atoms with Gasteiger partial charge in [-0.3, -0.25) is 9.59 Å². The molecule has 0 aromatic carbocycles. The Morgan fingerprint density at radius 1 is 0.439 bits per heavy atom. The third-order valence-corrected chi connectivity index (χ3v) is 18.3. The lowest BCUT2D eigenvalue weighted by atomic mass is 9.89. The molecule has 25 N–H and O–H groups in total. The van der Waals surface area contributed by atoms with E-state index in [2.05, 4.69) is 10.6 Å². The van der Waals surface area contributed by atoms with Gasteiger partial charge < -0.3 is 199 Å². The second-order valence-corrected chi connectivity index (χ2v) is 25.3. The molecule has 8 rings (SSSR count). The van der Waals surface area contributed by atoms with Crippen molar-refractivity contribution in [2.75, 3.05) is 33.0 Å². The van der Waals surface area contributed by atoms with Gasteiger partial charge in [-0.25, -0.2) is 4.79 Å². The van der Waals surface area contributed by atoms with Crippen LogP contribution in [0.15, 0.2) is 0 Å². The number of hydrogen-bond donors (Lipinski definition) is 25. The number of aliphatic carboxylic acids is 1. The fraction of sp³-hybridized carbons (Fsp3) is 0.945. The first-order valence-electron chi connectivity index (χ1n) is 31.3. The summed E-state index contributed by atoms with van der Waals surface area (Å²) < 4.78 is 87.4. The van der Waals surface area contributed by atoms with Crippen LogP contribution in [-0.4, -0.2) is 419 Å². The summed E-state index contributed by atoms with van der Waals surface area (Å²) in [5.74, 6) is -7.55. The predicted octanol–water partition coefficient (Wildman–Crippen LogP) is -15.9. The SMILES string of the molecule is CC(=O)N[C@H]1[C@H](OC[C@H]2OC(O)[C@H](NC(C)=O)[C@@H](O[C@@H]3O[C@H](CO)[C@H](O)[C@H](O[C@]4(C(=O)O)C[C@H](O[C@@H]5O[C@@H](C)[C@@H](O)[C@@H](O)[C@@H]5O)[C@@H](O[C@@H]5O[C@@H](C)[C@@H](O)[C@@H](O)[C@@H]5O)[C@H]([C@H](O)[C@H](O)CO)O4)[C@H]3O)[C@@H]2O)O[C@H](CO)[C@@H](O[C@@H]2O[C@H](CO)[C@H](O)[C@H](O)[C@H]2O[C@@H]2O[C@@H](C)[C@@H](O)[C@@H](O)[C@@H]2O)[C@@H]1O. The van der Waals surface area contributed by atoms with Crippen LogP contribution in [0.3, 0.4) is 0 Å². The lowest BCUT2D eigenvalue weighted by Gasteiger charge is -2.52. The molecule has 8 fully saturated rings. The Morgan fingerprint density at radius 2 is 0.878 bits per heavy atom. The van der Waals surface area contributed by atoms with E-state index in [0.717, 1.165) is 13.8 Å². The van der Waals surface area contributed by atoms with Crippen molar-refractivity contribution in [1.29, 1.82) is 0 Å². The van der Waals surface area contributed by atoms with Crippen molar-refractivity contribution < 1.29 is 203 Å². The molecular weight excluding hydrogens is 1340 g/mol. The summed E-state index contributed by atoms with van der Waals surface area (Å²) in [7, 11) is 0. The smallest absolute Gasteiger partial charge is 0.364 e. The van der Waals surface area contributed by atoms with Crippen LogP contribution in [0, 0.1) is 0 Å². The predicted molar refractivity (Wildman–Crippen MR) is 301 cm³/mol. The van der Waals surface area contributed by atoms with Gasteiger partial charge in [0.2, 0.25) is 11.8 Å². The van der Waals surface area contributed by atoms with Gasteiger partial charge in [0, 0.05) is 20.3 Å². The number of hydrogen-bond acceptors (Lipinski definition) is 40. The van der Waals surface area contributed by atoms with Crippen LogP contribution >= 0.6 is 0 Å². The maximum absolute atomic E-state index is 13.9. The summed E-state index contributed by atoms with van der Waals surface area (Å²) in [6, 6.07) is -3.69. The number of carboxylic acids is 1. The second kappa shape index (κ2) is 33.8. The highest BCUT2D eigenvalue weighted by atomic mass is 16.8. The maximum atomic E-state index is 13.9. The number of aliphatic hydroxyl groups is 22. The largest absolute Gasteiger partial charge is 0.477 e. The van der Waals surface area contributed by atoms with Gasteiger partial charge in [0.25, 0.3) is 5.79 Å². The van der Waals surface area contributed by atoms with Gasteiger partial charge >= 0.3 is 5.97 Å². The van der Waals surface area contributed by atoms with Gasteiger partial charge in [0.15, 0.2) is 44.0 Å². The summed E-state index contributed by atoms with van der Waals surface area (Å²) >= 11 is 0.